The zero-order valence-corrected chi connectivity index (χ0v) is 17.6. The fraction of sp³-hybridized carbons (Fsp3) is 0.182. The summed E-state index contributed by atoms with van der Waals surface area (Å²) in [4.78, 5) is 30.4. The van der Waals surface area contributed by atoms with Gasteiger partial charge in [-0.05, 0) is 42.8 Å². The molecule has 168 valence electrons. The largest absolute Gasteiger partial charge is 0.477 e. The quantitative estimate of drug-likeness (QED) is 0.587. The van der Waals surface area contributed by atoms with E-state index in [1.165, 1.54) is 17.6 Å². The molecule has 7 nitrogen and oxygen atoms in total. The number of carboxylic acids is 1. The summed E-state index contributed by atoms with van der Waals surface area (Å²) in [6.07, 6.45) is -3.66. The standard InChI is InChI=1S/C22H14ClF3N4O3/c1-21(9-12-2-4-13(10-27)5-3-12)19(33)29(20-28-11-17(18(31)32)30(20)21)16-7-14(22(24,25)26)6-15(23)8-16/h2-8,11H,9H2,1H3,(H,31,32)/t21-/m1/s1. The number of imidazole rings is 1. The Hall–Kier alpha value is -3.84. The minimum atomic E-state index is -4.71. The lowest BCUT2D eigenvalue weighted by Gasteiger charge is -2.26. The Bertz CT molecular complexity index is 1330. The molecule has 11 heteroatoms. The van der Waals surface area contributed by atoms with Crippen molar-refractivity contribution in [1.82, 2.24) is 9.55 Å². The molecule has 3 aromatic rings. The van der Waals surface area contributed by atoms with Crippen molar-refractivity contribution in [3.63, 3.8) is 0 Å². The number of hydrogen-bond donors (Lipinski definition) is 1. The Balaban J connectivity index is 1.88. The number of aromatic carboxylic acids is 1. The molecule has 0 spiro atoms. The number of nitrogens with zero attached hydrogens (tertiary/aromatic N) is 4. The third-order valence-electron chi connectivity index (χ3n) is 5.42. The van der Waals surface area contributed by atoms with Crippen molar-refractivity contribution >= 4 is 35.1 Å². The highest BCUT2D eigenvalue weighted by Crippen LogP contribution is 2.44. The first-order valence-electron chi connectivity index (χ1n) is 9.48. The molecule has 0 unspecified atom stereocenters. The molecule has 0 fully saturated rings. The van der Waals surface area contributed by atoms with E-state index in [-0.39, 0.29) is 28.8 Å². The molecule has 0 saturated carbocycles. The van der Waals surface area contributed by atoms with Crippen LogP contribution in [-0.4, -0.2) is 26.5 Å². The van der Waals surface area contributed by atoms with Gasteiger partial charge in [-0.3, -0.25) is 9.36 Å². The summed E-state index contributed by atoms with van der Waals surface area (Å²) >= 11 is 5.91. The summed E-state index contributed by atoms with van der Waals surface area (Å²) in [5, 5.41) is 18.4. The molecule has 0 radical (unpaired) electrons. The minimum absolute atomic E-state index is 0.00434. The van der Waals surface area contributed by atoms with Crippen molar-refractivity contribution in [3.05, 3.63) is 76.1 Å². The summed E-state index contributed by atoms with van der Waals surface area (Å²) in [5.74, 6) is -2.16. The van der Waals surface area contributed by atoms with Crippen LogP contribution in [-0.2, 0) is 22.9 Å². The molecule has 1 aromatic heterocycles. The monoisotopic (exact) mass is 474 g/mol. The Morgan fingerprint density at radius 3 is 2.48 bits per heavy atom. The normalized spacial score (nSPS) is 17.7. The number of carboxylic acid groups (broad SMARTS) is 1. The first-order valence-corrected chi connectivity index (χ1v) is 9.86. The minimum Gasteiger partial charge on any atom is -0.477 e. The maximum absolute atomic E-state index is 13.6. The predicted molar refractivity (Wildman–Crippen MR) is 111 cm³/mol. The topological polar surface area (TPSA) is 99.2 Å². The average Bonchev–Trinajstić information content (AvgIpc) is 3.26. The van der Waals surface area contributed by atoms with E-state index in [1.807, 2.05) is 6.07 Å². The second kappa shape index (κ2) is 7.64. The van der Waals surface area contributed by atoms with E-state index in [0.29, 0.717) is 11.1 Å². The van der Waals surface area contributed by atoms with Gasteiger partial charge < -0.3 is 5.11 Å². The Morgan fingerprint density at radius 1 is 1.24 bits per heavy atom. The van der Waals surface area contributed by atoms with Gasteiger partial charge in [0.15, 0.2) is 0 Å². The second-order valence-corrected chi connectivity index (χ2v) is 8.12. The molecular formula is C22H14ClF3N4O3. The van der Waals surface area contributed by atoms with Gasteiger partial charge in [0.05, 0.1) is 29.1 Å². The number of amides is 1. The van der Waals surface area contributed by atoms with Crippen LogP contribution in [0.2, 0.25) is 5.02 Å². The van der Waals surface area contributed by atoms with Crippen LogP contribution in [0.25, 0.3) is 0 Å². The van der Waals surface area contributed by atoms with E-state index in [9.17, 15) is 27.9 Å². The van der Waals surface area contributed by atoms with E-state index in [1.54, 1.807) is 24.3 Å². The van der Waals surface area contributed by atoms with Crippen LogP contribution in [0.5, 0.6) is 0 Å². The van der Waals surface area contributed by atoms with E-state index in [0.717, 1.165) is 23.2 Å². The van der Waals surface area contributed by atoms with Crippen molar-refractivity contribution in [3.8, 4) is 6.07 Å². The summed E-state index contributed by atoms with van der Waals surface area (Å²) in [5.41, 5.74) is -2.05. The molecule has 1 N–H and O–H groups in total. The van der Waals surface area contributed by atoms with Crippen LogP contribution in [0.1, 0.15) is 34.1 Å². The van der Waals surface area contributed by atoms with Crippen molar-refractivity contribution < 1.29 is 27.9 Å². The number of carbonyl (C=O) groups excluding carboxylic acids is 1. The molecule has 1 aliphatic heterocycles. The van der Waals surface area contributed by atoms with Gasteiger partial charge in [0, 0.05) is 11.4 Å². The Labute approximate surface area is 190 Å². The van der Waals surface area contributed by atoms with Gasteiger partial charge in [0.25, 0.3) is 5.91 Å². The third kappa shape index (κ3) is 3.70. The van der Waals surface area contributed by atoms with Crippen molar-refractivity contribution in [2.24, 2.45) is 0 Å². The van der Waals surface area contributed by atoms with E-state index in [4.69, 9.17) is 16.9 Å². The summed E-state index contributed by atoms with van der Waals surface area (Å²) < 4.78 is 41.3. The van der Waals surface area contributed by atoms with Crippen molar-refractivity contribution in [2.75, 3.05) is 4.90 Å². The van der Waals surface area contributed by atoms with Crippen LogP contribution in [0.3, 0.4) is 0 Å². The number of carbonyl (C=O) groups is 2. The summed E-state index contributed by atoms with van der Waals surface area (Å²) in [6.45, 7) is 1.49. The molecule has 1 aliphatic rings. The molecule has 1 atom stereocenters. The number of hydrogen-bond acceptors (Lipinski definition) is 4. The molecule has 2 heterocycles. The van der Waals surface area contributed by atoms with Gasteiger partial charge >= 0.3 is 12.1 Å². The molecule has 0 saturated heterocycles. The van der Waals surface area contributed by atoms with E-state index >= 15 is 0 Å². The molecule has 33 heavy (non-hydrogen) atoms. The van der Waals surface area contributed by atoms with Crippen LogP contribution >= 0.6 is 11.6 Å². The number of rotatable bonds is 4. The highest BCUT2D eigenvalue weighted by atomic mass is 35.5. The Morgan fingerprint density at radius 2 is 1.91 bits per heavy atom. The zero-order chi connectivity index (χ0) is 24.1. The number of alkyl halides is 3. The highest BCUT2D eigenvalue weighted by Gasteiger charge is 2.51. The maximum atomic E-state index is 13.6. The fourth-order valence-corrected chi connectivity index (χ4v) is 4.14. The molecule has 0 bridgehead atoms. The molecule has 0 aliphatic carbocycles. The number of anilines is 2. The van der Waals surface area contributed by atoms with Crippen LogP contribution in [0.4, 0.5) is 24.8 Å². The predicted octanol–water partition coefficient (Wildman–Crippen LogP) is 4.76. The fourth-order valence-electron chi connectivity index (χ4n) is 3.91. The van der Waals surface area contributed by atoms with Gasteiger partial charge in [-0.1, -0.05) is 23.7 Å². The molecule has 4 rings (SSSR count). The first kappa shape index (κ1) is 22.4. The first-order chi connectivity index (χ1) is 15.5. The van der Waals surface area contributed by atoms with Crippen molar-refractivity contribution in [1.29, 1.82) is 5.26 Å². The zero-order valence-electron chi connectivity index (χ0n) is 16.9. The second-order valence-electron chi connectivity index (χ2n) is 7.68. The van der Waals surface area contributed by atoms with Gasteiger partial charge in [0.1, 0.15) is 11.2 Å². The number of fused-ring (bicyclic) bond motifs is 1. The lowest BCUT2D eigenvalue weighted by Crippen LogP contribution is -2.42. The van der Waals surface area contributed by atoms with Gasteiger partial charge in [-0.15, -0.1) is 0 Å². The number of benzene rings is 2. The van der Waals surface area contributed by atoms with Crippen LogP contribution in [0, 0.1) is 11.3 Å². The number of nitriles is 1. The number of halogens is 4. The van der Waals surface area contributed by atoms with Gasteiger partial charge in [0.2, 0.25) is 5.95 Å². The highest BCUT2D eigenvalue weighted by molar-refractivity contribution is 6.31. The van der Waals surface area contributed by atoms with Crippen LogP contribution in [0.15, 0.2) is 48.7 Å². The Kier molecular flexibility index (Phi) is 5.17. The van der Waals surface area contributed by atoms with Gasteiger partial charge in [-0.25, -0.2) is 14.7 Å². The molecule has 2 aromatic carbocycles. The number of aromatic nitrogens is 2. The van der Waals surface area contributed by atoms with Crippen LogP contribution < -0.4 is 4.90 Å². The summed E-state index contributed by atoms with van der Waals surface area (Å²) in [7, 11) is 0. The maximum Gasteiger partial charge on any atom is 0.416 e. The molecular weight excluding hydrogens is 461 g/mol. The lowest BCUT2D eigenvalue weighted by molar-refractivity contribution is -0.137. The van der Waals surface area contributed by atoms with E-state index < -0.39 is 29.2 Å². The molecule has 1 amide bonds. The summed E-state index contributed by atoms with van der Waals surface area (Å²) in [6, 6.07) is 11.0. The van der Waals surface area contributed by atoms with Crippen molar-refractivity contribution in [2.45, 2.75) is 25.1 Å². The third-order valence-corrected chi connectivity index (χ3v) is 5.64. The van der Waals surface area contributed by atoms with Gasteiger partial charge in [-0.2, -0.15) is 18.4 Å². The lowest BCUT2D eigenvalue weighted by atomic mass is 9.91. The SMILES string of the molecule is C[C@@]1(Cc2ccc(C#N)cc2)C(=O)N(c2cc(Cl)cc(C(F)(F)F)c2)c2ncc(C(=O)O)n21. The average molecular weight is 475 g/mol. The smallest absolute Gasteiger partial charge is 0.416 e. The van der Waals surface area contributed by atoms with E-state index in [2.05, 4.69) is 4.98 Å².